The topological polar surface area (TPSA) is 38.5 Å². The van der Waals surface area contributed by atoms with Gasteiger partial charge in [0.05, 0.1) is 16.7 Å². The number of ether oxygens (including phenoxy) is 1. The lowest BCUT2D eigenvalue weighted by Gasteiger charge is -2.47. The summed E-state index contributed by atoms with van der Waals surface area (Å²) in [6.45, 7) is 16.1. The molecule has 1 unspecified atom stereocenters. The van der Waals surface area contributed by atoms with Gasteiger partial charge in [-0.25, -0.2) is 0 Å². The highest BCUT2D eigenvalue weighted by Gasteiger charge is 2.58. The van der Waals surface area contributed by atoms with E-state index in [1.807, 2.05) is 0 Å². The number of likely N-dealkylation sites (N-methyl/N-ethyl adjacent to an activating group) is 1. The van der Waals surface area contributed by atoms with Gasteiger partial charge in [0.25, 0.3) is 0 Å². The summed E-state index contributed by atoms with van der Waals surface area (Å²) in [7, 11) is 0. The molecule has 3 heteroatoms. The van der Waals surface area contributed by atoms with E-state index in [9.17, 15) is 0 Å². The monoisotopic (exact) mass is 256 g/mol. The molecule has 0 amide bonds. The first kappa shape index (κ1) is 15.9. The van der Waals surface area contributed by atoms with Crippen molar-refractivity contribution in [2.24, 2.45) is 5.73 Å². The molecular weight excluding hydrogens is 224 g/mol. The summed E-state index contributed by atoms with van der Waals surface area (Å²) in [4.78, 5) is 2.55. The van der Waals surface area contributed by atoms with Crippen molar-refractivity contribution < 1.29 is 4.74 Å². The molecule has 2 N–H and O–H groups in total. The minimum Gasteiger partial charge on any atom is -0.368 e. The molecule has 18 heavy (non-hydrogen) atoms. The molecule has 0 aromatic carbocycles. The Bertz CT molecular complexity index is 276. The normalized spacial score (nSPS) is 30.0. The Hall–Kier alpha value is -0.120. The first-order chi connectivity index (χ1) is 8.24. The van der Waals surface area contributed by atoms with Crippen molar-refractivity contribution in [1.29, 1.82) is 0 Å². The van der Waals surface area contributed by atoms with Crippen LogP contribution in [0.25, 0.3) is 0 Å². The van der Waals surface area contributed by atoms with Crippen molar-refractivity contribution in [2.75, 3.05) is 19.6 Å². The van der Waals surface area contributed by atoms with Crippen LogP contribution in [0.4, 0.5) is 0 Å². The fourth-order valence-corrected chi connectivity index (χ4v) is 3.70. The summed E-state index contributed by atoms with van der Waals surface area (Å²) in [6.07, 6.45) is 3.47. The van der Waals surface area contributed by atoms with Gasteiger partial charge in [0.1, 0.15) is 0 Å². The highest BCUT2D eigenvalue weighted by molar-refractivity contribution is 5.13. The average Bonchev–Trinajstić information content (AvgIpc) is 2.45. The van der Waals surface area contributed by atoms with Crippen LogP contribution in [0.2, 0.25) is 0 Å². The van der Waals surface area contributed by atoms with Crippen molar-refractivity contribution in [3.63, 3.8) is 0 Å². The van der Waals surface area contributed by atoms with Crippen LogP contribution in [-0.2, 0) is 4.74 Å². The number of unbranched alkanes of at least 4 members (excludes halogenated alkanes) is 1. The van der Waals surface area contributed by atoms with Crippen molar-refractivity contribution in [3.8, 4) is 0 Å². The van der Waals surface area contributed by atoms with Gasteiger partial charge in [-0.05, 0) is 53.6 Å². The second-order valence-corrected chi connectivity index (χ2v) is 6.72. The summed E-state index contributed by atoms with van der Waals surface area (Å²) < 4.78 is 6.28. The molecule has 3 nitrogen and oxygen atoms in total. The highest BCUT2D eigenvalue weighted by atomic mass is 16.5. The van der Waals surface area contributed by atoms with E-state index in [4.69, 9.17) is 10.5 Å². The first-order valence-electron chi connectivity index (χ1n) is 7.40. The number of hydrogen-bond donors (Lipinski definition) is 1. The van der Waals surface area contributed by atoms with Gasteiger partial charge >= 0.3 is 0 Å². The Labute approximate surface area is 113 Å². The van der Waals surface area contributed by atoms with Gasteiger partial charge in [0.15, 0.2) is 0 Å². The molecule has 0 saturated carbocycles. The molecule has 1 rings (SSSR count). The Morgan fingerprint density at radius 1 is 1.17 bits per heavy atom. The Kier molecular flexibility index (Phi) is 4.85. The van der Waals surface area contributed by atoms with E-state index in [0.29, 0.717) is 6.54 Å². The summed E-state index contributed by atoms with van der Waals surface area (Å²) >= 11 is 0. The standard InChI is InChI=1S/C15H32N2O/c1-7-9-10-17(8-2)15(12-16)11-13(3,4)18-14(15,5)6/h7-12,16H2,1-6H3. The fraction of sp³-hybridized carbons (Fsp3) is 1.00. The van der Waals surface area contributed by atoms with Crippen LogP contribution in [-0.4, -0.2) is 41.3 Å². The van der Waals surface area contributed by atoms with Gasteiger partial charge in [0, 0.05) is 6.54 Å². The van der Waals surface area contributed by atoms with E-state index in [0.717, 1.165) is 19.5 Å². The van der Waals surface area contributed by atoms with Crippen LogP contribution in [0.1, 0.15) is 60.8 Å². The van der Waals surface area contributed by atoms with Gasteiger partial charge in [-0.15, -0.1) is 0 Å². The van der Waals surface area contributed by atoms with Gasteiger partial charge in [-0.1, -0.05) is 20.3 Å². The third-order valence-electron chi connectivity index (χ3n) is 4.48. The largest absolute Gasteiger partial charge is 0.368 e. The van der Waals surface area contributed by atoms with Crippen LogP contribution in [0.15, 0.2) is 0 Å². The third-order valence-corrected chi connectivity index (χ3v) is 4.48. The zero-order valence-electron chi connectivity index (χ0n) is 13.2. The van der Waals surface area contributed by atoms with E-state index in [1.165, 1.54) is 12.8 Å². The minimum absolute atomic E-state index is 0.0274. The molecule has 0 aliphatic carbocycles. The molecule has 1 aliphatic heterocycles. The van der Waals surface area contributed by atoms with E-state index in [2.05, 4.69) is 46.4 Å². The minimum atomic E-state index is -0.186. The average molecular weight is 256 g/mol. The van der Waals surface area contributed by atoms with Gasteiger partial charge in [-0.2, -0.15) is 0 Å². The molecule has 0 radical (unpaired) electrons. The molecule has 1 fully saturated rings. The van der Waals surface area contributed by atoms with Gasteiger partial charge in [0.2, 0.25) is 0 Å². The van der Waals surface area contributed by atoms with Crippen molar-refractivity contribution in [2.45, 2.75) is 77.5 Å². The maximum Gasteiger partial charge on any atom is 0.0830 e. The molecule has 1 atom stereocenters. The molecule has 0 bridgehead atoms. The molecular formula is C15H32N2O. The van der Waals surface area contributed by atoms with Crippen molar-refractivity contribution in [1.82, 2.24) is 4.90 Å². The van der Waals surface area contributed by atoms with E-state index in [-0.39, 0.29) is 16.7 Å². The molecule has 108 valence electrons. The summed E-state index contributed by atoms with van der Waals surface area (Å²) in [5, 5.41) is 0. The number of hydrogen-bond acceptors (Lipinski definition) is 3. The predicted molar refractivity (Wildman–Crippen MR) is 77.8 cm³/mol. The van der Waals surface area contributed by atoms with Gasteiger partial charge in [-0.3, -0.25) is 4.90 Å². The lowest BCUT2D eigenvalue weighted by molar-refractivity contribution is -0.103. The fourth-order valence-electron chi connectivity index (χ4n) is 3.70. The summed E-state index contributed by atoms with van der Waals surface area (Å²) in [5.41, 5.74) is 5.90. The molecule has 0 aromatic heterocycles. The molecule has 0 spiro atoms. The van der Waals surface area contributed by atoms with Gasteiger partial charge < -0.3 is 10.5 Å². The number of nitrogens with zero attached hydrogens (tertiary/aromatic N) is 1. The summed E-state index contributed by atoms with van der Waals surface area (Å²) in [6, 6.07) is 0. The van der Waals surface area contributed by atoms with E-state index >= 15 is 0 Å². The Morgan fingerprint density at radius 3 is 2.11 bits per heavy atom. The Morgan fingerprint density at radius 2 is 1.78 bits per heavy atom. The highest BCUT2D eigenvalue weighted by Crippen LogP contribution is 2.47. The molecule has 1 heterocycles. The van der Waals surface area contributed by atoms with E-state index < -0.39 is 0 Å². The maximum absolute atomic E-state index is 6.28. The first-order valence-corrected chi connectivity index (χ1v) is 7.40. The second-order valence-electron chi connectivity index (χ2n) is 6.72. The van der Waals surface area contributed by atoms with Crippen molar-refractivity contribution >= 4 is 0 Å². The predicted octanol–water partition coefficient (Wildman–Crippen LogP) is 2.78. The zero-order valence-corrected chi connectivity index (χ0v) is 13.2. The smallest absolute Gasteiger partial charge is 0.0830 e. The SMILES string of the molecule is CCCCN(CC)C1(CN)CC(C)(C)OC1(C)C. The summed E-state index contributed by atoms with van der Waals surface area (Å²) in [5.74, 6) is 0. The molecule has 0 aromatic rings. The number of nitrogens with two attached hydrogens (primary N) is 1. The quantitative estimate of drug-likeness (QED) is 0.794. The molecule has 1 saturated heterocycles. The maximum atomic E-state index is 6.28. The lowest BCUT2D eigenvalue weighted by atomic mass is 9.77. The second kappa shape index (κ2) is 5.48. The number of rotatable bonds is 6. The third kappa shape index (κ3) is 2.73. The van der Waals surface area contributed by atoms with Crippen LogP contribution >= 0.6 is 0 Å². The van der Waals surface area contributed by atoms with Crippen LogP contribution in [0.5, 0.6) is 0 Å². The molecule has 1 aliphatic rings. The lowest BCUT2D eigenvalue weighted by Crippen LogP contribution is -2.63. The van der Waals surface area contributed by atoms with Crippen LogP contribution in [0, 0.1) is 0 Å². The Balaban J connectivity index is 3.02. The van der Waals surface area contributed by atoms with E-state index in [1.54, 1.807) is 0 Å². The zero-order chi connectivity index (χ0) is 14.0. The van der Waals surface area contributed by atoms with Crippen LogP contribution < -0.4 is 5.73 Å². The van der Waals surface area contributed by atoms with Crippen molar-refractivity contribution in [3.05, 3.63) is 0 Å². The van der Waals surface area contributed by atoms with Crippen LogP contribution in [0.3, 0.4) is 0 Å².